The molecular weight excluding hydrogens is 252 g/mol. The van der Waals surface area contributed by atoms with E-state index in [4.69, 9.17) is 0 Å². The molecule has 0 unspecified atom stereocenters. The molecule has 0 radical (unpaired) electrons. The van der Waals surface area contributed by atoms with Crippen LogP contribution >= 0.6 is 0 Å². The van der Waals surface area contributed by atoms with Crippen LogP contribution in [0.15, 0.2) is 11.6 Å². The summed E-state index contributed by atoms with van der Waals surface area (Å²) in [5.41, 5.74) is 3.09. The summed E-state index contributed by atoms with van der Waals surface area (Å²) in [6.45, 7) is 7.69. The predicted molar refractivity (Wildman–Crippen MR) is 90.1 cm³/mol. The number of allylic oxidation sites excluding steroid dienone is 2. The van der Waals surface area contributed by atoms with E-state index in [1.54, 1.807) is 19.3 Å². The number of rotatable bonds is 1. The Labute approximate surface area is 131 Å². The van der Waals surface area contributed by atoms with Gasteiger partial charge in [-0.05, 0) is 85.9 Å². The van der Waals surface area contributed by atoms with Crippen LogP contribution in [0.4, 0.5) is 0 Å². The highest BCUT2D eigenvalue weighted by atomic mass is 14.6. The lowest BCUT2D eigenvalue weighted by molar-refractivity contribution is -0.0991. The molecule has 0 heterocycles. The molecule has 4 aliphatic rings. The van der Waals surface area contributed by atoms with Gasteiger partial charge in [0.25, 0.3) is 0 Å². The van der Waals surface area contributed by atoms with Crippen LogP contribution in [0.1, 0.15) is 85.0 Å². The van der Waals surface area contributed by atoms with Gasteiger partial charge in [0.2, 0.25) is 0 Å². The molecule has 0 aromatic heterocycles. The summed E-state index contributed by atoms with van der Waals surface area (Å²) in [5, 5.41) is 0. The summed E-state index contributed by atoms with van der Waals surface area (Å²) in [7, 11) is 0. The fourth-order valence-electron chi connectivity index (χ4n) is 7.50. The van der Waals surface area contributed by atoms with E-state index in [1.165, 1.54) is 44.9 Å². The summed E-state index contributed by atoms with van der Waals surface area (Å²) in [6, 6.07) is 0. The molecule has 0 bridgehead atoms. The van der Waals surface area contributed by atoms with Crippen LogP contribution in [0.2, 0.25) is 0 Å². The third kappa shape index (κ3) is 1.86. The Bertz CT molecular complexity index is 447. The second kappa shape index (κ2) is 4.87. The van der Waals surface area contributed by atoms with Gasteiger partial charge in [0, 0.05) is 0 Å². The van der Waals surface area contributed by atoms with Gasteiger partial charge in [0.05, 0.1) is 0 Å². The van der Waals surface area contributed by atoms with Gasteiger partial charge < -0.3 is 0 Å². The van der Waals surface area contributed by atoms with Crippen molar-refractivity contribution in [2.45, 2.75) is 85.0 Å². The van der Waals surface area contributed by atoms with Crippen molar-refractivity contribution in [1.82, 2.24) is 0 Å². The van der Waals surface area contributed by atoms with E-state index in [-0.39, 0.29) is 0 Å². The minimum Gasteiger partial charge on any atom is -0.0845 e. The molecule has 0 heteroatoms. The van der Waals surface area contributed by atoms with Crippen molar-refractivity contribution in [2.75, 3.05) is 0 Å². The average Bonchev–Trinajstić information content (AvgIpc) is 2.83. The van der Waals surface area contributed by atoms with Gasteiger partial charge in [-0.1, -0.05) is 45.3 Å². The lowest BCUT2D eigenvalue weighted by atomic mass is 9.45. The normalized spacial score (nSPS) is 52.6. The van der Waals surface area contributed by atoms with Crippen LogP contribution < -0.4 is 0 Å². The highest BCUT2D eigenvalue weighted by Crippen LogP contribution is 2.66. The Balaban J connectivity index is 1.63. The Morgan fingerprint density at radius 1 is 1.00 bits per heavy atom. The molecule has 0 aromatic rings. The fourth-order valence-corrected chi connectivity index (χ4v) is 7.50. The molecule has 4 aliphatic carbocycles. The lowest BCUT2D eigenvalue weighted by Gasteiger charge is -2.60. The minimum atomic E-state index is 0.577. The monoisotopic (exact) mass is 286 g/mol. The third-order valence-electron chi connectivity index (χ3n) is 8.71. The Morgan fingerprint density at radius 2 is 1.86 bits per heavy atom. The molecule has 3 saturated carbocycles. The highest BCUT2D eigenvalue weighted by Gasteiger charge is 2.57. The lowest BCUT2D eigenvalue weighted by Crippen LogP contribution is -2.52. The molecule has 6 atom stereocenters. The molecule has 0 aromatic carbocycles. The van der Waals surface area contributed by atoms with E-state index in [0.29, 0.717) is 10.8 Å². The van der Waals surface area contributed by atoms with Crippen LogP contribution in [0.25, 0.3) is 0 Å². The van der Waals surface area contributed by atoms with Crippen molar-refractivity contribution < 1.29 is 0 Å². The van der Waals surface area contributed by atoms with Crippen molar-refractivity contribution in [2.24, 2.45) is 34.5 Å². The van der Waals surface area contributed by atoms with E-state index in [0.717, 1.165) is 23.7 Å². The molecule has 0 saturated heterocycles. The van der Waals surface area contributed by atoms with Gasteiger partial charge in [-0.2, -0.15) is 0 Å². The van der Waals surface area contributed by atoms with Crippen molar-refractivity contribution in [3.63, 3.8) is 0 Å². The van der Waals surface area contributed by atoms with Gasteiger partial charge >= 0.3 is 0 Å². The first-order valence-corrected chi connectivity index (χ1v) is 9.79. The van der Waals surface area contributed by atoms with Gasteiger partial charge in [0.15, 0.2) is 0 Å². The van der Waals surface area contributed by atoms with Crippen molar-refractivity contribution in [3.05, 3.63) is 11.6 Å². The number of hydrogen-bond donors (Lipinski definition) is 0. The number of hydrogen-bond acceptors (Lipinski definition) is 0. The van der Waals surface area contributed by atoms with Crippen molar-refractivity contribution in [1.29, 1.82) is 0 Å². The second-order valence-electron chi connectivity index (χ2n) is 9.18. The molecular formula is C21H34. The van der Waals surface area contributed by atoms with Gasteiger partial charge in [-0.25, -0.2) is 0 Å². The smallest absolute Gasteiger partial charge is 0.00824 e. The largest absolute Gasteiger partial charge is 0.0845 e. The molecule has 0 nitrogen and oxygen atoms in total. The molecule has 0 N–H and O–H groups in total. The van der Waals surface area contributed by atoms with E-state index < -0.39 is 0 Å². The Morgan fingerprint density at radius 3 is 2.67 bits per heavy atom. The van der Waals surface area contributed by atoms with Crippen LogP contribution in [-0.4, -0.2) is 0 Å². The minimum absolute atomic E-state index is 0.577. The zero-order valence-electron chi connectivity index (χ0n) is 14.5. The molecule has 4 rings (SSSR count). The first-order valence-electron chi connectivity index (χ1n) is 9.79. The predicted octanol–water partition coefficient (Wildman–Crippen LogP) is 6.37. The maximum absolute atomic E-state index is 2.69. The summed E-state index contributed by atoms with van der Waals surface area (Å²) in [6.07, 6.45) is 17.6. The van der Waals surface area contributed by atoms with E-state index >= 15 is 0 Å². The average molecular weight is 287 g/mol. The third-order valence-corrected chi connectivity index (χ3v) is 8.71. The highest BCUT2D eigenvalue weighted by molar-refractivity contribution is 5.25. The zero-order chi connectivity index (χ0) is 14.7. The Hall–Kier alpha value is -0.260. The van der Waals surface area contributed by atoms with Crippen LogP contribution in [0.5, 0.6) is 0 Å². The first kappa shape index (κ1) is 14.3. The summed E-state index contributed by atoms with van der Waals surface area (Å²) in [5.74, 6) is 4.16. The molecule has 0 aliphatic heterocycles. The summed E-state index contributed by atoms with van der Waals surface area (Å²) >= 11 is 0. The molecule has 118 valence electrons. The van der Waals surface area contributed by atoms with Gasteiger partial charge in [-0.3, -0.25) is 0 Å². The van der Waals surface area contributed by atoms with E-state index in [1.807, 2.05) is 5.57 Å². The second-order valence-corrected chi connectivity index (χ2v) is 9.18. The van der Waals surface area contributed by atoms with Crippen molar-refractivity contribution in [3.8, 4) is 0 Å². The Kier molecular flexibility index (Phi) is 3.32. The van der Waals surface area contributed by atoms with Crippen LogP contribution in [0.3, 0.4) is 0 Å². The van der Waals surface area contributed by atoms with Gasteiger partial charge in [0.1, 0.15) is 0 Å². The standard InChI is InChI=1S/C21H34/c1-4-15-9-11-18-17-10-8-16-7-5-6-13-20(16,2)19(17)12-14-21(15,18)3/h9,16-19H,4-8,10-14H2,1-3H3/t16-,17+,18+,19+,20+,21-/m1/s1. The van der Waals surface area contributed by atoms with Crippen LogP contribution in [-0.2, 0) is 0 Å². The quantitative estimate of drug-likeness (QED) is 0.492. The maximum atomic E-state index is 2.69. The first-order chi connectivity index (χ1) is 10.1. The van der Waals surface area contributed by atoms with Crippen molar-refractivity contribution >= 4 is 0 Å². The fraction of sp³-hybridized carbons (Fsp3) is 0.905. The van der Waals surface area contributed by atoms with E-state index in [9.17, 15) is 0 Å². The number of fused-ring (bicyclic) bond motifs is 5. The summed E-state index contributed by atoms with van der Waals surface area (Å²) < 4.78 is 0. The molecule has 0 amide bonds. The maximum Gasteiger partial charge on any atom is -0.00824 e. The van der Waals surface area contributed by atoms with Crippen LogP contribution in [0, 0.1) is 34.5 Å². The van der Waals surface area contributed by atoms with E-state index in [2.05, 4.69) is 26.8 Å². The molecule has 3 fully saturated rings. The molecule has 0 spiro atoms. The molecule has 21 heavy (non-hydrogen) atoms. The zero-order valence-corrected chi connectivity index (χ0v) is 14.5. The summed E-state index contributed by atoms with van der Waals surface area (Å²) in [4.78, 5) is 0. The topological polar surface area (TPSA) is 0 Å². The van der Waals surface area contributed by atoms with Gasteiger partial charge in [-0.15, -0.1) is 0 Å². The SMILES string of the molecule is CCC1=CC[C@H]2[C@@H]3CC[C@H]4CCCC[C@]4(C)[C@H]3CC[C@]12C.